The molecule has 0 radical (unpaired) electrons. The number of esters is 1. The normalized spacial score (nSPS) is 23.8. The van der Waals surface area contributed by atoms with E-state index in [4.69, 9.17) is 14.2 Å². The van der Waals surface area contributed by atoms with Gasteiger partial charge in [0.25, 0.3) is 11.6 Å². The summed E-state index contributed by atoms with van der Waals surface area (Å²) in [5, 5.41) is 23.6. The summed E-state index contributed by atoms with van der Waals surface area (Å²) < 4.78 is 17.3. The van der Waals surface area contributed by atoms with Crippen LogP contribution in [0.3, 0.4) is 0 Å². The molecule has 3 aromatic carbocycles. The first-order valence-corrected chi connectivity index (χ1v) is 20.9. The number of fused-ring (bicyclic) bond motifs is 3. The van der Waals surface area contributed by atoms with E-state index in [1.807, 2.05) is 55.5 Å². The minimum atomic E-state index is -2.61. The summed E-state index contributed by atoms with van der Waals surface area (Å²) in [7, 11) is 0.329. The van der Waals surface area contributed by atoms with Gasteiger partial charge in [0.2, 0.25) is 5.91 Å². The number of anilines is 1. The first-order valence-electron chi connectivity index (χ1n) is 17.8. The smallest absolute Gasteiger partial charge is 0.305 e. The third-order valence-electron chi connectivity index (χ3n) is 11.5. The van der Waals surface area contributed by atoms with Crippen molar-refractivity contribution < 1.29 is 38.6 Å². The van der Waals surface area contributed by atoms with Crippen LogP contribution in [0.5, 0.6) is 5.75 Å². The van der Waals surface area contributed by atoms with Gasteiger partial charge in [-0.15, -0.1) is 0 Å². The number of unbranched alkanes of at least 4 members (excludes halogenated alkanes) is 1. The molecule has 0 bridgehead atoms. The number of benzene rings is 3. The van der Waals surface area contributed by atoms with Gasteiger partial charge in [-0.2, -0.15) is 0 Å². The van der Waals surface area contributed by atoms with Crippen LogP contribution in [0.4, 0.5) is 11.4 Å². The van der Waals surface area contributed by atoms with E-state index >= 15 is 0 Å². The van der Waals surface area contributed by atoms with Crippen LogP contribution in [0, 0.1) is 16.0 Å². The zero-order valence-corrected chi connectivity index (χ0v) is 31.4. The number of hydrogen-bond acceptors (Lipinski definition) is 9. The van der Waals surface area contributed by atoms with Crippen molar-refractivity contribution in [1.29, 1.82) is 0 Å². The van der Waals surface area contributed by atoms with Crippen molar-refractivity contribution in [3.05, 3.63) is 93.5 Å². The highest BCUT2D eigenvalue weighted by atomic mass is 28.3. The third kappa shape index (κ3) is 6.50. The van der Waals surface area contributed by atoms with Crippen LogP contribution in [-0.2, 0) is 42.4 Å². The Balaban J connectivity index is 1.41. The Bertz CT molecular complexity index is 1850. The molecule has 1 saturated heterocycles. The van der Waals surface area contributed by atoms with Crippen molar-refractivity contribution in [1.82, 2.24) is 4.90 Å². The molecular weight excluding hydrogens is 683 g/mol. The molecule has 0 aliphatic carbocycles. The number of nitro benzene ring substituents is 1. The van der Waals surface area contributed by atoms with Crippen molar-refractivity contribution in [3.63, 3.8) is 0 Å². The molecule has 1 N–H and O–H groups in total. The maximum Gasteiger partial charge on any atom is 0.305 e. The van der Waals surface area contributed by atoms with Crippen molar-refractivity contribution >= 4 is 42.4 Å². The van der Waals surface area contributed by atoms with E-state index in [1.54, 1.807) is 23.0 Å². The van der Waals surface area contributed by atoms with E-state index in [0.717, 1.165) is 16.3 Å². The standard InChI is InChI=1S/C39H47N3O9Si/c1-25-37(52(4,5)31-16-14-30(49-2)15-17-31)34(22-35(44)41-23-27-11-7-6-10-26(27)20-29(41)24-43)51-39(25)32-21-28(42(47)48)13-18-33(32)40(38(39)46)19-9-8-12-36(45)50-3/h6-7,10-11,13-18,21,25,29,34,37,43H,8-9,12,19-20,22-24H2,1-5H3/t25-,29+,34+,37-,39+/m1/s1. The molecule has 3 heterocycles. The summed E-state index contributed by atoms with van der Waals surface area (Å²) in [4.78, 5) is 56.1. The number of carbonyl (C=O) groups is 3. The lowest BCUT2D eigenvalue weighted by Crippen LogP contribution is -2.52. The van der Waals surface area contributed by atoms with Crippen LogP contribution in [0.15, 0.2) is 66.7 Å². The highest BCUT2D eigenvalue weighted by molar-refractivity contribution is 6.91. The SMILES string of the molecule is COC(=O)CCCCN1C(=O)[C@@]2(O[C@@H](CC(=O)N3Cc4ccccc4C[C@H]3CO)[C@H]([Si](C)(C)c3ccc(OC)cc3)[C@H]2C)c2cc([N+](=O)[O-])ccc21. The van der Waals surface area contributed by atoms with Crippen molar-refractivity contribution in [2.45, 2.75) is 82.0 Å². The molecule has 5 atom stereocenters. The van der Waals surface area contributed by atoms with Gasteiger partial charge in [-0.05, 0) is 54.1 Å². The van der Waals surface area contributed by atoms with E-state index in [9.17, 15) is 29.6 Å². The molecule has 3 aromatic rings. The molecule has 276 valence electrons. The number of amides is 2. The minimum Gasteiger partial charge on any atom is -0.497 e. The lowest BCUT2D eigenvalue weighted by molar-refractivity contribution is -0.385. The number of non-ortho nitro benzene ring substituents is 1. The Morgan fingerprint density at radius 2 is 1.77 bits per heavy atom. The molecule has 0 unspecified atom stereocenters. The summed E-state index contributed by atoms with van der Waals surface area (Å²) in [5.74, 6) is -0.611. The maximum atomic E-state index is 14.9. The van der Waals surface area contributed by atoms with Gasteiger partial charge in [0, 0.05) is 43.1 Å². The van der Waals surface area contributed by atoms with E-state index in [1.165, 1.54) is 19.2 Å². The zero-order valence-electron chi connectivity index (χ0n) is 30.4. The number of hydrogen-bond donors (Lipinski definition) is 1. The molecule has 12 nitrogen and oxygen atoms in total. The van der Waals surface area contributed by atoms with Crippen LogP contribution in [0.1, 0.15) is 49.3 Å². The zero-order chi connectivity index (χ0) is 37.4. The molecule has 3 aliphatic rings. The fraction of sp³-hybridized carbons (Fsp3) is 0.462. The van der Waals surface area contributed by atoms with Crippen LogP contribution in [0.25, 0.3) is 0 Å². The number of aliphatic hydroxyl groups excluding tert-OH is 1. The molecule has 6 rings (SSSR count). The summed E-state index contributed by atoms with van der Waals surface area (Å²) in [6.07, 6.45) is 0.979. The lowest BCUT2D eigenvalue weighted by atomic mass is 9.82. The lowest BCUT2D eigenvalue weighted by Gasteiger charge is -2.39. The topological polar surface area (TPSA) is 149 Å². The highest BCUT2D eigenvalue weighted by Crippen LogP contribution is 2.60. The number of rotatable bonds is 12. The van der Waals surface area contributed by atoms with Gasteiger partial charge in [-0.1, -0.05) is 61.6 Å². The summed E-state index contributed by atoms with van der Waals surface area (Å²) >= 11 is 0. The highest BCUT2D eigenvalue weighted by Gasteiger charge is 2.66. The monoisotopic (exact) mass is 729 g/mol. The van der Waals surface area contributed by atoms with Gasteiger partial charge in [0.15, 0.2) is 5.60 Å². The number of ether oxygens (including phenoxy) is 3. The molecular formula is C39H47N3O9Si. The van der Waals surface area contributed by atoms with E-state index < -0.39 is 36.7 Å². The molecule has 1 spiro atoms. The minimum absolute atomic E-state index is 0.0291. The summed E-state index contributed by atoms with van der Waals surface area (Å²) in [5.41, 5.74) is 1.07. The van der Waals surface area contributed by atoms with Gasteiger partial charge in [-0.25, -0.2) is 0 Å². The number of nitrogens with zero attached hydrogens (tertiary/aromatic N) is 3. The van der Waals surface area contributed by atoms with Crippen molar-refractivity contribution in [3.8, 4) is 5.75 Å². The fourth-order valence-corrected chi connectivity index (χ4v) is 12.8. The van der Waals surface area contributed by atoms with Gasteiger partial charge >= 0.3 is 5.97 Å². The van der Waals surface area contributed by atoms with E-state index in [0.29, 0.717) is 42.8 Å². The molecule has 52 heavy (non-hydrogen) atoms. The van der Waals surface area contributed by atoms with Crippen molar-refractivity contribution in [2.24, 2.45) is 5.92 Å². The first-order chi connectivity index (χ1) is 24.9. The van der Waals surface area contributed by atoms with E-state index in [2.05, 4.69) is 13.1 Å². The van der Waals surface area contributed by atoms with Gasteiger partial charge in [0.1, 0.15) is 5.75 Å². The molecule has 3 aliphatic heterocycles. The van der Waals surface area contributed by atoms with E-state index in [-0.39, 0.29) is 55.0 Å². The average Bonchev–Trinajstić information content (AvgIpc) is 3.57. The number of carbonyl (C=O) groups excluding carboxylic acids is 3. The van der Waals surface area contributed by atoms with Gasteiger partial charge in [0.05, 0.1) is 58.1 Å². The molecule has 1 fully saturated rings. The van der Waals surface area contributed by atoms with Crippen LogP contribution < -0.4 is 14.8 Å². The molecule has 13 heteroatoms. The largest absolute Gasteiger partial charge is 0.497 e. The van der Waals surface area contributed by atoms with Crippen LogP contribution >= 0.6 is 0 Å². The van der Waals surface area contributed by atoms with Crippen molar-refractivity contribution in [2.75, 3.05) is 32.3 Å². The number of nitro groups is 1. The van der Waals surface area contributed by atoms with Gasteiger partial charge in [-0.3, -0.25) is 24.5 Å². The maximum absolute atomic E-state index is 14.9. The Kier molecular flexibility index (Phi) is 10.6. The first kappa shape index (κ1) is 37.2. The van der Waals surface area contributed by atoms with Crippen LogP contribution in [-0.4, -0.2) is 80.3 Å². The van der Waals surface area contributed by atoms with Gasteiger partial charge < -0.3 is 29.1 Å². The summed E-state index contributed by atoms with van der Waals surface area (Å²) in [6.45, 7) is 6.83. The quantitative estimate of drug-likeness (QED) is 0.0909. The second-order valence-corrected chi connectivity index (χ2v) is 19.3. The molecule has 0 saturated carbocycles. The Hall–Kier alpha value is -4.59. The predicted octanol–water partition coefficient (Wildman–Crippen LogP) is 4.85. The Labute approximate surface area is 304 Å². The predicted molar refractivity (Wildman–Crippen MR) is 197 cm³/mol. The third-order valence-corrected chi connectivity index (χ3v) is 15.9. The average molecular weight is 730 g/mol. The Morgan fingerprint density at radius 3 is 2.42 bits per heavy atom. The number of methoxy groups -OCH3 is 2. The number of aliphatic hydroxyl groups is 1. The molecule has 2 amide bonds. The summed E-state index contributed by atoms with van der Waals surface area (Å²) in [6, 6.07) is 19.8. The molecule has 0 aromatic heterocycles. The van der Waals surface area contributed by atoms with Crippen LogP contribution in [0.2, 0.25) is 18.6 Å². The Morgan fingerprint density at radius 1 is 1.06 bits per heavy atom. The second-order valence-electron chi connectivity index (χ2n) is 14.6. The fourth-order valence-electron chi connectivity index (χ4n) is 8.81. The second kappa shape index (κ2) is 14.8.